The SMILES string of the molecule is COc1ccc(N(CC(=O)N(CCc2ccccc2)[C@@H](C)C(=O)NC(C)(C)C)S(=O)(=O)c2ccc(C)cc2)cc1. The first-order chi connectivity index (χ1) is 18.8. The smallest absolute Gasteiger partial charge is 0.264 e. The first-order valence-corrected chi connectivity index (χ1v) is 14.6. The van der Waals surface area contributed by atoms with E-state index in [0.29, 0.717) is 17.9 Å². The number of rotatable bonds is 11. The maximum Gasteiger partial charge on any atom is 0.264 e. The molecule has 8 nitrogen and oxygen atoms in total. The molecule has 2 amide bonds. The van der Waals surface area contributed by atoms with E-state index in [9.17, 15) is 18.0 Å². The van der Waals surface area contributed by atoms with Crippen LogP contribution in [0.2, 0.25) is 0 Å². The second-order valence-corrected chi connectivity index (χ2v) is 12.6. The fourth-order valence-corrected chi connectivity index (χ4v) is 5.57. The van der Waals surface area contributed by atoms with Gasteiger partial charge in [0.15, 0.2) is 0 Å². The van der Waals surface area contributed by atoms with E-state index in [-0.39, 0.29) is 17.3 Å². The van der Waals surface area contributed by atoms with E-state index in [2.05, 4.69) is 5.32 Å². The monoisotopic (exact) mass is 565 g/mol. The van der Waals surface area contributed by atoms with Gasteiger partial charge in [0.1, 0.15) is 18.3 Å². The molecular weight excluding hydrogens is 526 g/mol. The van der Waals surface area contributed by atoms with Gasteiger partial charge < -0.3 is 15.0 Å². The zero-order valence-electron chi connectivity index (χ0n) is 24.0. The van der Waals surface area contributed by atoms with Crippen LogP contribution in [0.3, 0.4) is 0 Å². The third-order valence-electron chi connectivity index (χ3n) is 6.40. The standard InChI is InChI=1S/C31H39N3O5S/c1-23-12-18-28(19-13-23)40(37,38)34(26-14-16-27(39-6)17-15-26)22-29(35)33(21-20-25-10-8-7-9-11-25)24(2)30(36)32-31(3,4)5/h7-19,24H,20-22H2,1-6H3,(H,32,36)/t24-/m0/s1. The molecule has 0 aromatic heterocycles. The summed E-state index contributed by atoms with van der Waals surface area (Å²) in [6.45, 7) is 8.90. The number of ether oxygens (including phenoxy) is 1. The Kier molecular flexibility index (Phi) is 9.98. The van der Waals surface area contributed by atoms with Crippen molar-refractivity contribution in [2.45, 2.75) is 57.5 Å². The van der Waals surface area contributed by atoms with Gasteiger partial charge in [0.2, 0.25) is 11.8 Å². The van der Waals surface area contributed by atoms with Crippen LogP contribution in [0.15, 0.2) is 83.8 Å². The Labute approximate surface area is 238 Å². The summed E-state index contributed by atoms with van der Waals surface area (Å²) in [4.78, 5) is 28.6. The lowest BCUT2D eigenvalue weighted by atomic mass is 10.1. The summed E-state index contributed by atoms with van der Waals surface area (Å²) in [5.41, 5.74) is 1.73. The molecule has 40 heavy (non-hydrogen) atoms. The minimum atomic E-state index is -4.12. The van der Waals surface area contributed by atoms with Crippen molar-refractivity contribution in [2.75, 3.05) is 24.5 Å². The molecule has 0 saturated carbocycles. The molecule has 0 radical (unpaired) electrons. The molecule has 3 rings (SSSR count). The molecule has 3 aromatic carbocycles. The third kappa shape index (κ3) is 8.08. The van der Waals surface area contributed by atoms with E-state index in [0.717, 1.165) is 15.4 Å². The zero-order chi connectivity index (χ0) is 29.5. The molecule has 0 saturated heterocycles. The predicted octanol–water partition coefficient (Wildman–Crippen LogP) is 4.57. The van der Waals surface area contributed by atoms with Crippen LogP contribution in [0, 0.1) is 6.92 Å². The molecule has 3 aromatic rings. The Hall–Kier alpha value is -3.85. The number of amides is 2. The van der Waals surface area contributed by atoms with Crippen LogP contribution in [0.5, 0.6) is 5.75 Å². The second kappa shape index (κ2) is 13.0. The number of nitrogens with one attached hydrogen (secondary N) is 1. The Bertz CT molecular complexity index is 1380. The van der Waals surface area contributed by atoms with Gasteiger partial charge in [-0.25, -0.2) is 8.42 Å². The number of sulfonamides is 1. The van der Waals surface area contributed by atoms with Gasteiger partial charge in [0.05, 0.1) is 17.7 Å². The lowest BCUT2D eigenvalue weighted by Gasteiger charge is -2.33. The highest BCUT2D eigenvalue weighted by atomic mass is 32.2. The van der Waals surface area contributed by atoms with Gasteiger partial charge in [0.25, 0.3) is 10.0 Å². The number of hydrogen-bond donors (Lipinski definition) is 1. The van der Waals surface area contributed by atoms with Crippen LogP contribution in [-0.2, 0) is 26.0 Å². The Morgan fingerprint density at radius 1 is 0.925 bits per heavy atom. The Morgan fingerprint density at radius 2 is 1.52 bits per heavy atom. The highest BCUT2D eigenvalue weighted by Gasteiger charge is 2.33. The third-order valence-corrected chi connectivity index (χ3v) is 8.19. The molecule has 9 heteroatoms. The van der Waals surface area contributed by atoms with Crippen molar-refractivity contribution >= 4 is 27.5 Å². The predicted molar refractivity (Wildman–Crippen MR) is 158 cm³/mol. The average Bonchev–Trinajstić information content (AvgIpc) is 2.91. The van der Waals surface area contributed by atoms with Gasteiger partial charge in [-0.05, 0) is 83.0 Å². The average molecular weight is 566 g/mol. The molecule has 0 bridgehead atoms. The van der Waals surface area contributed by atoms with E-state index < -0.39 is 34.1 Å². The topological polar surface area (TPSA) is 96.0 Å². The maximum atomic E-state index is 13.9. The van der Waals surface area contributed by atoms with Gasteiger partial charge in [-0.1, -0.05) is 48.0 Å². The number of aryl methyl sites for hydroxylation is 1. The molecular formula is C31H39N3O5S. The van der Waals surface area contributed by atoms with Crippen molar-refractivity contribution < 1.29 is 22.7 Å². The number of nitrogens with zero attached hydrogens (tertiary/aromatic N) is 2. The van der Waals surface area contributed by atoms with Crippen LogP contribution in [0.4, 0.5) is 5.69 Å². The lowest BCUT2D eigenvalue weighted by molar-refractivity contribution is -0.139. The number of benzene rings is 3. The van der Waals surface area contributed by atoms with Crippen LogP contribution in [0.25, 0.3) is 0 Å². The zero-order valence-corrected chi connectivity index (χ0v) is 24.9. The molecule has 0 aliphatic heterocycles. The van der Waals surface area contributed by atoms with E-state index in [1.807, 2.05) is 58.0 Å². The van der Waals surface area contributed by atoms with E-state index in [4.69, 9.17) is 4.74 Å². The van der Waals surface area contributed by atoms with Gasteiger partial charge in [-0.2, -0.15) is 0 Å². The highest BCUT2D eigenvalue weighted by Crippen LogP contribution is 2.26. The molecule has 0 heterocycles. The summed E-state index contributed by atoms with van der Waals surface area (Å²) in [6, 6.07) is 21.8. The molecule has 0 unspecified atom stereocenters. The van der Waals surface area contributed by atoms with Crippen molar-refractivity contribution in [3.8, 4) is 5.75 Å². The van der Waals surface area contributed by atoms with Crippen LogP contribution >= 0.6 is 0 Å². The summed E-state index contributed by atoms with van der Waals surface area (Å²) >= 11 is 0. The number of carbonyl (C=O) groups excluding carboxylic acids is 2. The largest absolute Gasteiger partial charge is 0.497 e. The second-order valence-electron chi connectivity index (χ2n) is 10.8. The minimum absolute atomic E-state index is 0.0658. The van der Waals surface area contributed by atoms with Crippen molar-refractivity contribution in [2.24, 2.45) is 0 Å². The number of anilines is 1. The van der Waals surface area contributed by atoms with E-state index in [1.54, 1.807) is 43.3 Å². The van der Waals surface area contributed by atoms with Crippen molar-refractivity contribution in [3.63, 3.8) is 0 Å². The first kappa shape index (κ1) is 30.7. The van der Waals surface area contributed by atoms with Crippen LogP contribution in [0.1, 0.15) is 38.8 Å². The van der Waals surface area contributed by atoms with Gasteiger partial charge in [0, 0.05) is 12.1 Å². The van der Waals surface area contributed by atoms with Crippen molar-refractivity contribution in [1.29, 1.82) is 0 Å². The summed E-state index contributed by atoms with van der Waals surface area (Å²) in [7, 11) is -2.59. The molecule has 0 aliphatic rings. The van der Waals surface area contributed by atoms with Crippen LogP contribution < -0.4 is 14.4 Å². The van der Waals surface area contributed by atoms with Gasteiger partial charge in [-0.3, -0.25) is 13.9 Å². The molecule has 1 atom stereocenters. The van der Waals surface area contributed by atoms with Gasteiger partial charge in [-0.15, -0.1) is 0 Å². The summed E-state index contributed by atoms with van der Waals surface area (Å²) in [5.74, 6) is -0.245. The van der Waals surface area contributed by atoms with Gasteiger partial charge >= 0.3 is 0 Å². The summed E-state index contributed by atoms with van der Waals surface area (Å²) < 4.78 is 34.1. The van der Waals surface area contributed by atoms with Crippen molar-refractivity contribution in [3.05, 3.63) is 90.0 Å². The highest BCUT2D eigenvalue weighted by molar-refractivity contribution is 7.92. The van der Waals surface area contributed by atoms with Crippen LogP contribution in [-0.4, -0.2) is 56.9 Å². The first-order valence-electron chi connectivity index (χ1n) is 13.2. The fraction of sp³-hybridized carbons (Fsp3) is 0.355. The lowest BCUT2D eigenvalue weighted by Crippen LogP contribution is -2.55. The number of carbonyl (C=O) groups is 2. The van der Waals surface area contributed by atoms with E-state index in [1.165, 1.54) is 24.1 Å². The quantitative estimate of drug-likeness (QED) is 0.367. The molecule has 1 N–H and O–H groups in total. The van der Waals surface area contributed by atoms with Crippen molar-refractivity contribution in [1.82, 2.24) is 10.2 Å². The number of methoxy groups -OCH3 is 1. The molecule has 214 valence electrons. The molecule has 0 aliphatic carbocycles. The normalized spacial score (nSPS) is 12.3. The molecule has 0 spiro atoms. The molecule has 0 fully saturated rings. The van der Waals surface area contributed by atoms with E-state index >= 15 is 0 Å². The maximum absolute atomic E-state index is 13.9. The summed E-state index contributed by atoms with van der Waals surface area (Å²) in [6.07, 6.45) is 0.507. The number of hydrogen-bond acceptors (Lipinski definition) is 5. The fourth-order valence-electron chi connectivity index (χ4n) is 4.16. The minimum Gasteiger partial charge on any atom is -0.497 e. The Balaban J connectivity index is 1.99. The summed E-state index contributed by atoms with van der Waals surface area (Å²) in [5, 5.41) is 2.93. The Morgan fingerprint density at radius 3 is 2.08 bits per heavy atom.